The fraction of sp³-hybridized carbons (Fsp3) is 0. The van der Waals surface area contributed by atoms with E-state index in [9.17, 15) is 5.11 Å². The van der Waals surface area contributed by atoms with Crippen molar-refractivity contribution in [2.24, 2.45) is 0 Å². The van der Waals surface area contributed by atoms with Gasteiger partial charge in [-0.05, 0) is 68.6 Å². The average molecular weight is 655 g/mol. The van der Waals surface area contributed by atoms with Crippen LogP contribution in [0.1, 0.15) is 0 Å². The second-order valence-corrected chi connectivity index (χ2v) is 12.8. The van der Waals surface area contributed by atoms with Gasteiger partial charge in [-0.2, -0.15) is 0 Å². The molecule has 2 aromatic heterocycles. The molecule has 0 aliphatic rings. The Morgan fingerprint density at radius 3 is 1.58 bits per heavy atom. The van der Waals surface area contributed by atoms with Gasteiger partial charge in [0.1, 0.15) is 37.2 Å². The Morgan fingerprint density at radius 1 is 0.462 bits per heavy atom. The van der Waals surface area contributed by atoms with Crippen molar-refractivity contribution in [3.63, 3.8) is 0 Å². The first-order valence-electron chi connectivity index (χ1n) is 16.9. The van der Waals surface area contributed by atoms with Crippen LogP contribution in [0, 0.1) is 0 Å². The average Bonchev–Trinajstić information content (AvgIpc) is 3.57. The lowest BCUT2D eigenvalue weighted by Gasteiger charge is -2.23. The van der Waals surface area contributed by atoms with E-state index < -0.39 is 0 Å². The van der Waals surface area contributed by atoms with E-state index in [1.54, 1.807) is 0 Å². The van der Waals surface area contributed by atoms with Crippen molar-refractivity contribution >= 4 is 85.8 Å². The number of hydrogen-bond donors (Lipinski definition) is 1. The van der Waals surface area contributed by atoms with Crippen LogP contribution in [0.3, 0.4) is 0 Å². The third-order valence-corrected chi connectivity index (χ3v) is 9.90. The maximum absolute atomic E-state index is 10.6. The number of phenols is 1. The van der Waals surface area contributed by atoms with Crippen molar-refractivity contribution in [3.05, 3.63) is 146 Å². The number of aromatic hydroxyl groups is 1. The zero-order chi connectivity index (χ0) is 35.5. The van der Waals surface area contributed by atoms with Gasteiger partial charge in [-0.3, -0.25) is 9.55 Å². The molecule has 8 heteroatoms. The van der Waals surface area contributed by atoms with Gasteiger partial charge in [-0.1, -0.05) is 131 Å². The van der Waals surface area contributed by atoms with E-state index in [2.05, 4.69) is 95.6 Å². The molecule has 52 heavy (non-hydrogen) atoms. The number of nitrogens with zero attached hydrogens (tertiary/aromatic N) is 3. The molecule has 9 aromatic rings. The van der Waals surface area contributed by atoms with E-state index in [1.165, 1.54) is 0 Å². The van der Waals surface area contributed by atoms with Gasteiger partial charge < -0.3 is 5.11 Å². The van der Waals surface area contributed by atoms with Crippen molar-refractivity contribution < 1.29 is 5.11 Å². The molecule has 234 valence electrons. The number of aromatic nitrogens is 3. The van der Waals surface area contributed by atoms with Gasteiger partial charge in [0.2, 0.25) is 0 Å². The minimum Gasteiger partial charge on any atom is -0.509 e. The van der Waals surface area contributed by atoms with Crippen LogP contribution in [-0.2, 0) is 0 Å². The van der Waals surface area contributed by atoms with Crippen molar-refractivity contribution in [1.29, 1.82) is 0 Å². The first-order chi connectivity index (χ1) is 25.4. The quantitative estimate of drug-likeness (QED) is 0.176. The van der Waals surface area contributed by atoms with Gasteiger partial charge in [0.05, 0.1) is 28.2 Å². The van der Waals surface area contributed by atoms with Crippen LogP contribution in [0.4, 0.5) is 0 Å². The van der Waals surface area contributed by atoms with Crippen LogP contribution in [0.25, 0.3) is 83.2 Å². The third-order valence-electron chi connectivity index (χ3n) is 9.90. The van der Waals surface area contributed by atoms with Crippen LogP contribution < -0.4 is 21.9 Å². The van der Waals surface area contributed by atoms with E-state index in [4.69, 9.17) is 41.4 Å². The van der Waals surface area contributed by atoms with E-state index in [1.807, 2.05) is 54.7 Å². The molecule has 7 aromatic carbocycles. The smallest absolute Gasteiger partial charge is 0.144 e. The number of benzene rings is 7. The lowest BCUT2D eigenvalue weighted by molar-refractivity contribution is 0.484. The molecular weight excluding hydrogens is 630 g/mol. The van der Waals surface area contributed by atoms with Crippen molar-refractivity contribution in [1.82, 2.24) is 14.5 Å². The van der Waals surface area contributed by atoms with Gasteiger partial charge in [0.25, 0.3) is 0 Å². The predicted molar refractivity (Wildman–Crippen MR) is 219 cm³/mol. The SMILES string of the molecule is [B]c1c([B])c(-c2nc3ccccc3n2-c2ccccc2-c2c3ccccc3c(-c3ccccc3-c3ccccn3)c3ccccc23)c([B])c([B])c1O. The highest BCUT2D eigenvalue weighted by atomic mass is 16.3. The summed E-state index contributed by atoms with van der Waals surface area (Å²) in [6.07, 6.45) is 1.83. The topological polar surface area (TPSA) is 50.9 Å². The fourth-order valence-electron chi connectivity index (χ4n) is 7.53. The van der Waals surface area contributed by atoms with Crippen molar-refractivity contribution in [2.75, 3.05) is 0 Å². The number of imidazole rings is 1. The van der Waals surface area contributed by atoms with Crippen LogP contribution in [0.15, 0.2) is 146 Å². The van der Waals surface area contributed by atoms with Crippen molar-refractivity contribution in [3.8, 4) is 56.3 Å². The maximum Gasteiger partial charge on any atom is 0.144 e. The number of para-hydroxylation sites is 3. The summed E-state index contributed by atoms with van der Waals surface area (Å²) in [6, 6.07) is 47.7. The lowest BCUT2D eigenvalue weighted by Crippen LogP contribution is -2.42. The molecule has 0 spiro atoms. The summed E-state index contributed by atoms with van der Waals surface area (Å²) in [4.78, 5) is 9.78. The minimum atomic E-state index is -0.343. The standard InChI is InChI=1S/C44H25B4N3O/c45-39-38(40(46)42(48)43(52)41(39)47)44-50-33-21-8-10-23-35(33)51(44)34-22-9-7-19-31(34)37-29-17-5-3-15-27(29)36(28-16-4-6-18-30(28)37)26-14-2-1-13-25(26)32-20-11-12-24-49-32/h1-24,52H. The molecule has 8 radical (unpaired) electrons. The van der Waals surface area contributed by atoms with E-state index >= 15 is 0 Å². The monoisotopic (exact) mass is 655 g/mol. The molecule has 0 unspecified atom stereocenters. The second-order valence-electron chi connectivity index (χ2n) is 12.8. The Kier molecular flexibility index (Phi) is 7.62. The first kappa shape index (κ1) is 31.7. The zero-order valence-electron chi connectivity index (χ0n) is 28.0. The second kappa shape index (κ2) is 12.5. The summed E-state index contributed by atoms with van der Waals surface area (Å²) in [7, 11) is 25.8. The predicted octanol–water partition coefficient (Wildman–Crippen LogP) is 6.28. The summed E-state index contributed by atoms with van der Waals surface area (Å²) in [5.74, 6) is 0.112. The molecule has 0 atom stereocenters. The Bertz CT molecular complexity index is 2780. The van der Waals surface area contributed by atoms with E-state index in [-0.39, 0.29) is 27.6 Å². The number of phenolic OH excluding ortho intramolecular Hbond substituents is 1. The highest BCUT2D eigenvalue weighted by molar-refractivity contribution is 6.61. The Morgan fingerprint density at radius 2 is 0.962 bits per heavy atom. The largest absolute Gasteiger partial charge is 0.509 e. The number of hydrogen-bond acceptors (Lipinski definition) is 3. The van der Waals surface area contributed by atoms with E-state index in [0.717, 1.165) is 71.8 Å². The lowest BCUT2D eigenvalue weighted by atomic mass is 9.66. The molecule has 0 saturated carbocycles. The Labute approximate surface area is 306 Å². The summed E-state index contributed by atoms with van der Waals surface area (Å²) in [5, 5.41) is 15.0. The highest BCUT2D eigenvalue weighted by Gasteiger charge is 2.25. The molecule has 2 heterocycles. The molecule has 4 nitrogen and oxygen atoms in total. The summed E-state index contributed by atoms with van der Waals surface area (Å²) in [5.41, 5.74) is 9.13. The fourth-order valence-corrected chi connectivity index (χ4v) is 7.53. The molecule has 0 fully saturated rings. The number of rotatable bonds is 5. The third kappa shape index (κ3) is 4.82. The van der Waals surface area contributed by atoms with Gasteiger partial charge in [-0.25, -0.2) is 4.98 Å². The number of fused-ring (bicyclic) bond motifs is 3. The normalized spacial score (nSPS) is 11.5. The first-order valence-corrected chi connectivity index (χ1v) is 16.9. The van der Waals surface area contributed by atoms with Gasteiger partial charge in [-0.15, -0.1) is 0 Å². The van der Waals surface area contributed by atoms with E-state index in [0.29, 0.717) is 11.4 Å². The molecular formula is C44H25B4N3O. The summed E-state index contributed by atoms with van der Waals surface area (Å²) < 4.78 is 2.05. The van der Waals surface area contributed by atoms with Crippen LogP contribution in [-0.4, -0.2) is 51.0 Å². The molecule has 0 saturated heterocycles. The number of pyridine rings is 1. The molecule has 9 rings (SSSR count). The summed E-state index contributed by atoms with van der Waals surface area (Å²) >= 11 is 0. The molecule has 0 aliphatic carbocycles. The molecule has 0 bridgehead atoms. The Hall–Kier alpha value is -6.26. The minimum absolute atomic E-state index is 0.0489. The zero-order valence-corrected chi connectivity index (χ0v) is 28.0. The van der Waals surface area contributed by atoms with Gasteiger partial charge >= 0.3 is 0 Å². The van der Waals surface area contributed by atoms with Crippen LogP contribution in [0.2, 0.25) is 0 Å². The van der Waals surface area contributed by atoms with Gasteiger partial charge in [0, 0.05) is 22.9 Å². The summed E-state index contributed by atoms with van der Waals surface area (Å²) in [6.45, 7) is 0. The maximum atomic E-state index is 10.6. The van der Waals surface area contributed by atoms with Crippen molar-refractivity contribution in [2.45, 2.75) is 0 Å². The van der Waals surface area contributed by atoms with Crippen LogP contribution in [0.5, 0.6) is 5.75 Å². The van der Waals surface area contributed by atoms with Gasteiger partial charge in [0.15, 0.2) is 0 Å². The van der Waals surface area contributed by atoms with Crippen LogP contribution >= 0.6 is 0 Å². The highest BCUT2D eigenvalue weighted by Crippen LogP contribution is 2.47. The molecule has 1 N–H and O–H groups in total. The molecule has 0 amide bonds. The molecule has 0 aliphatic heterocycles. The Balaban J connectivity index is 1.39.